The first kappa shape index (κ1) is 22.1. The molecule has 1 aliphatic rings. The number of aromatic nitrogens is 2. The lowest BCUT2D eigenvalue weighted by atomic mass is 9.79. The first-order valence-corrected chi connectivity index (χ1v) is 7.87. The van der Waals surface area contributed by atoms with Crippen LogP contribution >= 0.6 is 24.8 Å². The molecule has 2 heterocycles. The van der Waals surface area contributed by atoms with E-state index in [1.165, 1.54) is 0 Å². The van der Waals surface area contributed by atoms with Crippen molar-refractivity contribution in [1.82, 2.24) is 10.2 Å². The van der Waals surface area contributed by atoms with Crippen LogP contribution in [-0.2, 0) is 9.53 Å². The maximum absolute atomic E-state index is 12.7. The van der Waals surface area contributed by atoms with E-state index in [0.29, 0.717) is 49.9 Å². The van der Waals surface area contributed by atoms with Crippen molar-refractivity contribution in [1.29, 1.82) is 0 Å². The van der Waals surface area contributed by atoms with Gasteiger partial charge in [-0.15, -0.1) is 29.9 Å². The average molecular weight is 401 g/mol. The number of nitrogens with zero attached hydrogens (tertiary/aromatic N) is 2. The fraction of sp³-hybridized carbons (Fsp3) is 0.353. The number of benzene rings is 1. The Morgan fingerprint density at radius 2 is 2.00 bits per heavy atom. The van der Waals surface area contributed by atoms with Crippen LogP contribution in [0.1, 0.15) is 12.8 Å². The summed E-state index contributed by atoms with van der Waals surface area (Å²) in [6.45, 7) is 1.42. The number of rotatable bonds is 5. The predicted octanol–water partition coefficient (Wildman–Crippen LogP) is 2.81. The zero-order valence-corrected chi connectivity index (χ0v) is 15.7. The molecule has 9 heteroatoms. The molecule has 1 aromatic carbocycles. The smallest absolute Gasteiger partial charge is 0.238 e. The number of nitrogens with one attached hydrogen (secondary N) is 1. The van der Waals surface area contributed by atoms with Crippen molar-refractivity contribution in [3.8, 4) is 11.6 Å². The summed E-state index contributed by atoms with van der Waals surface area (Å²) in [6, 6.07) is 10.6. The minimum absolute atomic E-state index is 0. The molecule has 142 valence electrons. The second-order valence-electron chi connectivity index (χ2n) is 5.74. The molecule has 0 unspecified atom stereocenters. The van der Waals surface area contributed by atoms with Crippen LogP contribution in [0.2, 0.25) is 0 Å². The van der Waals surface area contributed by atoms with Crippen LogP contribution in [0.5, 0.6) is 11.6 Å². The van der Waals surface area contributed by atoms with Gasteiger partial charge in [-0.2, -0.15) is 5.10 Å². The molecule has 0 aliphatic carbocycles. The number of nitrogens with two attached hydrogens (primary N) is 1. The van der Waals surface area contributed by atoms with Crippen LogP contribution in [0.4, 0.5) is 5.69 Å². The molecule has 0 bridgehead atoms. The monoisotopic (exact) mass is 400 g/mol. The van der Waals surface area contributed by atoms with Crippen LogP contribution in [0.3, 0.4) is 0 Å². The van der Waals surface area contributed by atoms with Gasteiger partial charge >= 0.3 is 0 Å². The minimum Gasteiger partial charge on any atom is -0.437 e. The number of ether oxygens (including phenoxy) is 2. The molecule has 1 aromatic heterocycles. The predicted molar refractivity (Wildman–Crippen MR) is 103 cm³/mol. The van der Waals surface area contributed by atoms with Crippen molar-refractivity contribution >= 4 is 36.4 Å². The summed E-state index contributed by atoms with van der Waals surface area (Å²) in [5.74, 6) is 0.885. The lowest BCUT2D eigenvalue weighted by Gasteiger charge is -2.34. The Kier molecular flexibility index (Phi) is 8.74. The third-order valence-electron chi connectivity index (χ3n) is 4.18. The molecule has 1 fully saturated rings. The zero-order valence-electron chi connectivity index (χ0n) is 14.1. The number of anilines is 1. The number of hydrogen-bond donors (Lipinski definition) is 2. The van der Waals surface area contributed by atoms with Crippen LogP contribution in [0.25, 0.3) is 0 Å². The van der Waals surface area contributed by atoms with Gasteiger partial charge in [-0.3, -0.25) is 4.79 Å². The van der Waals surface area contributed by atoms with Gasteiger partial charge in [-0.25, -0.2) is 0 Å². The lowest BCUT2D eigenvalue weighted by Crippen LogP contribution is -2.46. The van der Waals surface area contributed by atoms with E-state index >= 15 is 0 Å². The molecule has 0 saturated carbocycles. The minimum atomic E-state index is -0.569. The summed E-state index contributed by atoms with van der Waals surface area (Å²) in [5, 5.41) is 10.6. The third-order valence-corrected chi connectivity index (χ3v) is 4.18. The highest BCUT2D eigenvalue weighted by Gasteiger charge is 2.38. The third kappa shape index (κ3) is 5.28. The Morgan fingerprint density at radius 3 is 2.65 bits per heavy atom. The molecule has 0 radical (unpaired) electrons. The SMILES string of the molecule is Cl.Cl.NCC1(C(=O)Nc2cccc(Oc3cccnn3)c2)CCOCC1. The van der Waals surface area contributed by atoms with E-state index in [1.807, 2.05) is 6.07 Å². The lowest BCUT2D eigenvalue weighted by molar-refractivity contribution is -0.130. The number of carbonyl (C=O) groups excluding carboxylic acids is 1. The second kappa shape index (κ2) is 10.3. The largest absolute Gasteiger partial charge is 0.437 e. The van der Waals surface area contributed by atoms with Crippen molar-refractivity contribution in [2.24, 2.45) is 11.1 Å². The van der Waals surface area contributed by atoms with Gasteiger partial charge in [0.2, 0.25) is 11.8 Å². The summed E-state index contributed by atoms with van der Waals surface area (Å²) >= 11 is 0. The number of hydrogen-bond acceptors (Lipinski definition) is 6. The van der Waals surface area contributed by atoms with Gasteiger partial charge in [0.05, 0.1) is 5.41 Å². The Bertz CT molecular complexity index is 697. The van der Waals surface area contributed by atoms with Crippen molar-refractivity contribution in [3.63, 3.8) is 0 Å². The van der Waals surface area contributed by atoms with E-state index < -0.39 is 5.41 Å². The number of amides is 1. The van der Waals surface area contributed by atoms with Gasteiger partial charge in [0, 0.05) is 43.8 Å². The van der Waals surface area contributed by atoms with Crippen LogP contribution in [0.15, 0.2) is 42.6 Å². The average Bonchev–Trinajstić information content (AvgIpc) is 2.63. The molecule has 0 atom stereocenters. The highest BCUT2D eigenvalue weighted by molar-refractivity contribution is 5.95. The highest BCUT2D eigenvalue weighted by Crippen LogP contribution is 2.31. The molecule has 1 saturated heterocycles. The summed E-state index contributed by atoms with van der Waals surface area (Å²) in [4.78, 5) is 12.7. The Hall–Kier alpha value is -1.93. The number of carbonyl (C=O) groups is 1. The molecule has 2 aromatic rings. The summed E-state index contributed by atoms with van der Waals surface area (Å²) in [5.41, 5.74) is 5.95. The summed E-state index contributed by atoms with van der Waals surface area (Å²) in [6.07, 6.45) is 2.83. The van der Waals surface area contributed by atoms with Crippen molar-refractivity contribution in [3.05, 3.63) is 42.6 Å². The fourth-order valence-electron chi connectivity index (χ4n) is 2.65. The van der Waals surface area contributed by atoms with E-state index in [9.17, 15) is 4.79 Å². The Labute approximate surface area is 164 Å². The quantitative estimate of drug-likeness (QED) is 0.800. The van der Waals surface area contributed by atoms with Gasteiger partial charge in [0.25, 0.3) is 0 Å². The van der Waals surface area contributed by atoms with Gasteiger partial charge in [0.1, 0.15) is 5.75 Å². The van der Waals surface area contributed by atoms with E-state index in [1.54, 1.807) is 36.5 Å². The normalized spacial score (nSPS) is 15.1. The molecule has 0 spiro atoms. The van der Waals surface area contributed by atoms with E-state index in [4.69, 9.17) is 15.2 Å². The van der Waals surface area contributed by atoms with E-state index in [-0.39, 0.29) is 30.7 Å². The van der Waals surface area contributed by atoms with Gasteiger partial charge < -0.3 is 20.5 Å². The second-order valence-corrected chi connectivity index (χ2v) is 5.74. The van der Waals surface area contributed by atoms with E-state index in [2.05, 4.69) is 15.5 Å². The fourth-order valence-corrected chi connectivity index (χ4v) is 2.65. The van der Waals surface area contributed by atoms with Crippen molar-refractivity contribution in [2.45, 2.75) is 12.8 Å². The standard InChI is InChI=1S/C17H20N4O3.2ClH/c18-12-17(6-9-23-10-7-17)16(22)20-13-3-1-4-14(11-13)24-15-5-2-8-19-21-15;;/h1-5,8,11H,6-7,9-10,12,18H2,(H,20,22);2*1H. The topological polar surface area (TPSA) is 99.4 Å². The number of halogens is 2. The van der Waals surface area contributed by atoms with Crippen molar-refractivity contribution < 1.29 is 14.3 Å². The maximum atomic E-state index is 12.7. The van der Waals surface area contributed by atoms with Gasteiger partial charge in [-0.1, -0.05) is 6.07 Å². The molecular weight excluding hydrogens is 379 g/mol. The molecule has 1 aliphatic heterocycles. The van der Waals surface area contributed by atoms with Crippen LogP contribution in [0, 0.1) is 5.41 Å². The van der Waals surface area contributed by atoms with Crippen LogP contribution < -0.4 is 15.8 Å². The first-order chi connectivity index (χ1) is 11.7. The molecule has 1 amide bonds. The molecule has 3 N–H and O–H groups in total. The molecule has 3 rings (SSSR count). The Balaban J connectivity index is 0.00000169. The summed E-state index contributed by atoms with van der Waals surface area (Å²) in [7, 11) is 0. The van der Waals surface area contributed by atoms with Gasteiger partial charge in [-0.05, 0) is 31.0 Å². The maximum Gasteiger partial charge on any atom is 0.238 e. The first-order valence-electron chi connectivity index (χ1n) is 7.87. The van der Waals surface area contributed by atoms with E-state index in [0.717, 1.165) is 0 Å². The molecule has 7 nitrogen and oxygen atoms in total. The zero-order chi connectivity index (χ0) is 16.8. The van der Waals surface area contributed by atoms with Crippen LogP contribution in [-0.4, -0.2) is 35.9 Å². The molecule has 26 heavy (non-hydrogen) atoms. The van der Waals surface area contributed by atoms with Crippen molar-refractivity contribution in [2.75, 3.05) is 25.1 Å². The van der Waals surface area contributed by atoms with Gasteiger partial charge in [0.15, 0.2) is 0 Å². The Morgan fingerprint density at radius 1 is 1.23 bits per heavy atom. The molecular formula is C17H22Cl2N4O3. The highest BCUT2D eigenvalue weighted by atomic mass is 35.5. The summed E-state index contributed by atoms with van der Waals surface area (Å²) < 4.78 is 11.0.